The third kappa shape index (κ3) is 0.714. The summed E-state index contributed by atoms with van der Waals surface area (Å²) in [7, 11) is 1.75. The normalized spacial score (nSPS) is 10.8. The highest BCUT2D eigenvalue weighted by molar-refractivity contribution is 5.68. The van der Waals surface area contributed by atoms with Crippen molar-refractivity contribution in [3.8, 4) is 0 Å². The Bertz CT molecular complexity index is 482. The molecule has 0 aliphatic heterocycles. The van der Waals surface area contributed by atoms with Crippen molar-refractivity contribution in [2.45, 2.75) is 0 Å². The fraction of sp³-hybridized carbons (Fsp3) is 0.167. The molecule has 0 aliphatic rings. The van der Waals surface area contributed by atoms with Crippen LogP contribution in [0.2, 0.25) is 0 Å². The number of imidazole rings is 1. The maximum Gasteiger partial charge on any atom is 0.198 e. The van der Waals surface area contributed by atoms with Gasteiger partial charge in [-0.25, -0.2) is 9.97 Å². The van der Waals surface area contributed by atoms with Crippen LogP contribution in [-0.4, -0.2) is 24.5 Å². The summed E-state index contributed by atoms with van der Waals surface area (Å²) < 4.78 is 2.44. The van der Waals surface area contributed by atoms with Gasteiger partial charge in [0.2, 0.25) is 0 Å². The molecule has 62 valence electrons. The number of aromatic nitrogens is 4. The van der Waals surface area contributed by atoms with Gasteiger partial charge in [-0.05, 0) is 0 Å². The van der Waals surface area contributed by atoms with E-state index in [1.54, 1.807) is 11.6 Å². The summed E-state index contributed by atoms with van der Waals surface area (Å²) in [5, 5.41) is 16.6. The highest BCUT2D eigenvalue weighted by Crippen LogP contribution is 2.02. The van der Waals surface area contributed by atoms with E-state index >= 15 is 0 Å². The number of aryl methyl sites for hydroxylation is 1. The number of hydrogen-bond acceptors (Lipinski definition) is 4. The van der Waals surface area contributed by atoms with Crippen molar-refractivity contribution in [2.75, 3.05) is 0 Å². The molecular formula is C6H7N5O. The smallest absolute Gasteiger partial charge is 0.198 e. The van der Waals surface area contributed by atoms with E-state index in [0.717, 1.165) is 11.1 Å². The van der Waals surface area contributed by atoms with Gasteiger partial charge in [-0.15, -0.1) is 0 Å². The molecule has 0 saturated heterocycles. The molecule has 2 N–H and O–H groups in total. The first-order chi connectivity index (χ1) is 5.70. The zero-order chi connectivity index (χ0) is 8.72. The lowest BCUT2D eigenvalue weighted by atomic mass is 10.5. The average molecular weight is 165 g/mol. The molecule has 0 amide bonds. The second kappa shape index (κ2) is 2.07. The second-order valence-electron chi connectivity index (χ2n) is 2.47. The zero-order valence-corrected chi connectivity index (χ0v) is 6.39. The molecule has 2 aromatic heterocycles. The van der Waals surface area contributed by atoms with Crippen molar-refractivity contribution < 1.29 is 5.21 Å². The summed E-state index contributed by atoms with van der Waals surface area (Å²) in [6.07, 6.45) is 2.68. The Kier molecular flexibility index (Phi) is 1.18. The fourth-order valence-electron chi connectivity index (χ4n) is 1.09. The van der Waals surface area contributed by atoms with Crippen LogP contribution in [0.4, 0.5) is 0 Å². The molecule has 0 unspecified atom stereocenters. The van der Waals surface area contributed by atoms with Crippen LogP contribution in [0.15, 0.2) is 12.7 Å². The van der Waals surface area contributed by atoms with Gasteiger partial charge in [0.1, 0.15) is 11.8 Å². The minimum atomic E-state index is 0.107. The number of nitrogens with zero attached hydrogens (tertiary/aromatic N) is 4. The molecule has 2 rings (SSSR count). The van der Waals surface area contributed by atoms with Crippen molar-refractivity contribution >= 4 is 11.2 Å². The molecule has 6 heteroatoms. The van der Waals surface area contributed by atoms with E-state index < -0.39 is 0 Å². The Morgan fingerprint density at radius 3 is 2.83 bits per heavy atom. The number of nitrogens with one attached hydrogen (secondary N) is 1. The van der Waals surface area contributed by atoms with Gasteiger partial charge in [0.15, 0.2) is 11.1 Å². The number of hydrogen-bond donors (Lipinski definition) is 2. The Morgan fingerprint density at radius 1 is 1.42 bits per heavy atom. The van der Waals surface area contributed by atoms with E-state index in [2.05, 4.69) is 9.97 Å². The van der Waals surface area contributed by atoms with Crippen LogP contribution in [0, 0.1) is 5.41 Å². The first kappa shape index (κ1) is 6.84. The SMILES string of the molecule is Cn1cnc2c1c(=N)ncn2O. The first-order valence-electron chi connectivity index (χ1n) is 3.32. The van der Waals surface area contributed by atoms with E-state index in [1.807, 2.05) is 0 Å². The molecule has 0 spiro atoms. The van der Waals surface area contributed by atoms with Crippen molar-refractivity contribution in [2.24, 2.45) is 7.05 Å². The molecule has 0 bridgehead atoms. The van der Waals surface area contributed by atoms with Gasteiger partial charge >= 0.3 is 0 Å². The molecule has 2 aromatic rings. The lowest BCUT2D eigenvalue weighted by Gasteiger charge is -1.96. The van der Waals surface area contributed by atoms with Gasteiger partial charge < -0.3 is 9.77 Å². The van der Waals surface area contributed by atoms with Crippen LogP contribution in [0.3, 0.4) is 0 Å². The number of fused-ring (bicyclic) bond motifs is 1. The van der Waals surface area contributed by atoms with E-state index in [0.29, 0.717) is 11.2 Å². The van der Waals surface area contributed by atoms with Crippen molar-refractivity contribution in [3.05, 3.63) is 18.1 Å². The van der Waals surface area contributed by atoms with Gasteiger partial charge in [-0.2, -0.15) is 4.73 Å². The predicted octanol–water partition coefficient (Wildman–Crippen LogP) is -0.513. The van der Waals surface area contributed by atoms with Gasteiger partial charge in [0.25, 0.3) is 0 Å². The highest BCUT2D eigenvalue weighted by atomic mass is 16.5. The fourth-order valence-corrected chi connectivity index (χ4v) is 1.09. The van der Waals surface area contributed by atoms with Crippen LogP contribution in [-0.2, 0) is 7.05 Å². The maximum atomic E-state index is 9.20. The second-order valence-corrected chi connectivity index (χ2v) is 2.47. The number of rotatable bonds is 0. The summed E-state index contributed by atoms with van der Waals surface area (Å²) in [4.78, 5) is 7.55. The average Bonchev–Trinajstić information content (AvgIpc) is 2.42. The van der Waals surface area contributed by atoms with Crippen LogP contribution < -0.4 is 5.49 Å². The molecule has 6 nitrogen and oxygen atoms in total. The minimum Gasteiger partial charge on any atom is -0.425 e. The van der Waals surface area contributed by atoms with E-state index in [1.165, 1.54) is 6.33 Å². The van der Waals surface area contributed by atoms with E-state index in [-0.39, 0.29) is 5.49 Å². The van der Waals surface area contributed by atoms with E-state index in [9.17, 15) is 5.21 Å². The standard InChI is InChI=1S/C6H7N5O/c1-10-2-9-6-4(10)5(7)8-3-11(6)12/h2-3,7,12H,1H3. The molecule has 0 radical (unpaired) electrons. The van der Waals surface area contributed by atoms with Crippen molar-refractivity contribution in [3.63, 3.8) is 0 Å². The summed E-state index contributed by atoms with van der Waals surface area (Å²) in [6.45, 7) is 0. The molecule has 12 heavy (non-hydrogen) atoms. The zero-order valence-electron chi connectivity index (χ0n) is 6.39. The predicted molar refractivity (Wildman–Crippen MR) is 39.5 cm³/mol. The molecule has 0 aromatic carbocycles. The maximum absolute atomic E-state index is 9.20. The third-order valence-electron chi connectivity index (χ3n) is 1.66. The van der Waals surface area contributed by atoms with Gasteiger partial charge in [-0.1, -0.05) is 0 Å². The Balaban J connectivity index is 3.09. The lowest BCUT2D eigenvalue weighted by molar-refractivity contribution is 0.192. The lowest BCUT2D eigenvalue weighted by Crippen LogP contribution is -2.13. The third-order valence-corrected chi connectivity index (χ3v) is 1.66. The Labute approximate surface area is 67.2 Å². The van der Waals surface area contributed by atoms with Gasteiger partial charge in [0, 0.05) is 7.05 Å². The van der Waals surface area contributed by atoms with Crippen molar-refractivity contribution in [1.29, 1.82) is 5.41 Å². The van der Waals surface area contributed by atoms with Crippen molar-refractivity contribution in [1.82, 2.24) is 19.3 Å². The highest BCUT2D eigenvalue weighted by Gasteiger charge is 2.04. The molecular weight excluding hydrogens is 158 g/mol. The van der Waals surface area contributed by atoms with Gasteiger partial charge in [0.05, 0.1) is 6.33 Å². The Hall–Kier alpha value is -1.85. The summed E-state index contributed by atoms with van der Waals surface area (Å²) >= 11 is 0. The first-order valence-corrected chi connectivity index (χ1v) is 3.32. The minimum absolute atomic E-state index is 0.107. The largest absolute Gasteiger partial charge is 0.425 e. The molecule has 0 saturated carbocycles. The Morgan fingerprint density at radius 2 is 2.17 bits per heavy atom. The van der Waals surface area contributed by atoms with Crippen LogP contribution in [0.5, 0.6) is 0 Å². The van der Waals surface area contributed by atoms with Crippen LogP contribution in [0.1, 0.15) is 0 Å². The monoisotopic (exact) mass is 165 g/mol. The molecule has 2 heterocycles. The summed E-state index contributed by atoms with van der Waals surface area (Å²) in [5.41, 5.74) is 0.966. The summed E-state index contributed by atoms with van der Waals surface area (Å²) in [6, 6.07) is 0. The molecule has 0 fully saturated rings. The van der Waals surface area contributed by atoms with Crippen LogP contribution >= 0.6 is 0 Å². The molecule has 0 aliphatic carbocycles. The van der Waals surface area contributed by atoms with Gasteiger partial charge in [-0.3, -0.25) is 5.41 Å². The topological polar surface area (TPSA) is 79.7 Å². The summed E-state index contributed by atoms with van der Waals surface area (Å²) in [5.74, 6) is 0. The van der Waals surface area contributed by atoms with E-state index in [4.69, 9.17) is 5.41 Å². The quantitative estimate of drug-likeness (QED) is 0.516. The van der Waals surface area contributed by atoms with Crippen LogP contribution in [0.25, 0.3) is 11.2 Å². The molecule has 0 atom stereocenters.